The third-order valence-electron chi connectivity index (χ3n) is 3.42. The summed E-state index contributed by atoms with van der Waals surface area (Å²) in [5, 5.41) is 5.91. The van der Waals surface area contributed by atoms with Crippen LogP contribution in [0.25, 0.3) is 0 Å². The third kappa shape index (κ3) is 5.71. The van der Waals surface area contributed by atoms with Crippen molar-refractivity contribution in [2.75, 3.05) is 19.6 Å². The van der Waals surface area contributed by atoms with Crippen LogP contribution in [0.15, 0.2) is 0 Å². The van der Waals surface area contributed by atoms with Crippen molar-refractivity contribution < 1.29 is 4.79 Å². The molecule has 1 fully saturated rings. The minimum Gasteiger partial charge on any atom is -0.338 e. The van der Waals surface area contributed by atoms with Gasteiger partial charge in [0.15, 0.2) is 0 Å². The molecule has 0 aromatic heterocycles. The summed E-state index contributed by atoms with van der Waals surface area (Å²) in [7, 11) is 0. The van der Waals surface area contributed by atoms with E-state index in [1.807, 2.05) is 20.8 Å². The molecule has 1 aliphatic rings. The second kappa shape index (κ2) is 6.41. The van der Waals surface area contributed by atoms with E-state index in [0.29, 0.717) is 12.0 Å². The van der Waals surface area contributed by atoms with Gasteiger partial charge in [-0.1, -0.05) is 0 Å². The molecule has 0 bridgehead atoms. The number of piperidine rings is 1. The molecule has 106 valence electrons. The summed E-state index contributed by atoms with van der Waals surface area (Å²) in [5.41, 5.74) is -0.162. The molecule has 1 rings (SSSR count). The maximum Gasteiger partial charge on any atom is 0.315 e. The molecular formula is C14H29N3O. The minimum absolute atomic E-state index is 0.0474. The molecule has 1 heterocycles. The Kier molecular flexibility index (Phi) is 5.45. The lowest BCUT2D eigenvalue weighted by Crippen LogP contribution is -2.48. The van der Waals surface area contributed by atoms with Gasteiger partial charge in [0.1, 0.15) is 0 Å². The van der Waals surface area contributed by atoms with Crippen molar-refractivity contribution in [2.45, 2.75) is 59.0 Å². The van der Waals surface area contributed by atoms with E-state index < -0.39 is 0 Å². The predicted molar refractivity (Wildman–Crippen MR) is 75.7 cm³/mol. The first-order chi connectivity index (χ1) is 8.28. The van der Waals surface area contributed by atoms with Crippen LogP contribution in [0.5, 0.6) is 0 Å². The summed E-state index contributed by atoms with van der Waals surface area (Å²) in [6, 6.07) is 0.594. The van der Waals surface area contributed by atoms with Gasteiger partial charge in [0, 0.05) is 18.1 Å². The van der Waals surface area contributed by atoms with Crippen molar-refractivity contribution in [1.82, 2.24) is 15.5 Å². The number of urea groups is 1. The normalized spacial score (nSPS) is 19.0. The maximum absolute atomic E-state index is 11.6. The van der Waals surface area contributed by atoms with E-state index in [4.69, 9.17) is 0 Å². The van der Waals surface area contributed by atoms with Crippen molar-refractivity contribution >= 4 is 6.03 Å². The topological polar surface area (TPSA) is 44.4 Å². The summed E-state index contributed by atoms with van der Waals surface area (Å²) < 4.78 is 0. The van der Waals surface area contributed by atoms with Crippen LogP contribution in [0.2, 0.25) is 0 Å². The highest BCUT2D eigenvalue weighted by Gasteiger charge is 2.21. The summed E-state index contributed by atoms with van der Waals surface area (Å²) in [5.74, 6) is 0.630. The molecule has 1 saturated heterocycles. The van der Waals surface area contributed by atoms with Crippen LogP contribution < -0.4 is 10.6 Å². The minimum atomic E-state index is -0.162. The highest BCUT2D eigenvalue weighted by molar-refractivity contribution is 5.74. The zero-order chi connectivity index (χ0) is 13.8. The van der Waals surface area contributed by atoms with Gasteiger partial charge in [-0.3, -0.25) is 0 Å². The lowest BCUT2D eigenvalue weighted by atomic mass is 9.96. The molecule has 0 aliphatic carbocycles. The number of likely N-dealkylation sites (tertiary alicyclic amines) is 1. The second-order valence-electron chi connectivity index (χ2n) is 6.66. The molecule has 18 heavy (non-hydrogen) atoms. The van der Waals surface area contributed by atoms with Crippen molar-refractivity contribution in [3.05, 3.63) is 0 Å². The zero-order valence-electron chi connectivity index (χ0n) is 12.5. The van der Waals surface area contributed by atoms with Gasteiger partial charge in [0.25, 0.3) is 0 Å². The van der Waals surface area contributed by atoms with E-state index in [0.717, 1.165) is 19.6 Å². The first kappa shape index (κ1) is 15.3. The number of carbonyl (C=O) groups excluding carboxylic acids is 1. The Morgan fingerprint density at radius 3 is 2.28 bits per heavy atom. The van der Waals surface area contributed by atoms with Gasteiger partial charge in [-0.05, 0) is 66.5 Å². The fourth-order valence-electron chi connectivity index (χ4n) is 2.30. The molecule has 2 N–H and O–H groups in total. The lowest BCUT2D eigenvalue weighted by Gasteiger charge is -2.34. The smallest absolute Gasteiger partial charge is 0.315 e. The number of hydrogen-bond donors (Lipinski definition) is 2. The van der Waals surface area contributed by atoms with Crippen LogP contribution in [0.1, 0.15) is 47.5 Å². The van der Waals surface area contributed by atoms with E-state index in [2.05, 4.69) is 29.4 Å². The van der Waals surface area contributed by atoms with E-state index in [1.54, 1.807) is 0 Å². The Morgan fingerprint density at radius 2 is 1.83 bits per heavy atom. The molecule has 0 aromatic rings. The van der Waals surface area contributed by atoms with E-state index in [1.165, 1.54) is 12.8 Å². The Hall–Kier alpha value is -0.770. The molecule has 4 nitrogen and oxygen atoms in total. The Morgan fingerprint density at radius 1 is 1.28 bits per heavy atom. The Labute approximate surface area is 111 Å². The van der Waals surface area contributed by atoms with Gasteiger partial charge >= 0.3 is 6.03 Å². The highest BCUT2D eigenvalue weighted by atomic mass is 16.2. The largest absolute Gasteiger partial charge is 0.338 e. The molecule has 0 radical (unpaired) electrons. The van der Waals surface area contributed by atoms with Crippen LogP contribution in [-0.2, 0) is 0 Å². The SMILES string of the molecule is CC(C)N1CCC(CNC(=O)NC(C)(C)C)CC1. The van der Waals surface area contributed by atoms with Gasteiger partial charge in [-0.15, -0.1) is 0 Å². The Bertz CT molecular complexity index is 263. The quantitative estimate of drug-likeness (QED) is 0.812. The van der Waals surface area contributed by atoms with E-state index in [-0.39, 0.29) is 11.6 Å². The van der Waals surface area contributed by atoms with Crippen molar-refractivity contribution in [3.8, 4) is 0 Å². The number of hydrogen-bond acceptors (Lipinski definition) is 2. The van der Waals surface area contributed by atoms with Crippen LogP contribution in [0, 0.1) is 5.92 Å². The molecule has 0 unspecified atom stereocenters. The number of rotatable bonds is 3. The van der Waals surface area contributed by atoms with Crippen LogP contribution in [0.3, 0.4) is 0 Å². The van der Waals surface area contributed by atoms with Gasteiger partial charge < -0.3 is 15.5 Å². The number of amides is 2. The molecule has 4 heteroatoms. The molecule has 2 amide bonds. The average Bonchev–Trinajstić information content (AvgIpc) is 2.24. The summed E-state index contributed by atoms with van der Waals surface area (Å²) in [6.07, 6.45) is 2.38. The molecule has 0 spiro atoms. The highest BCUT2D eigenvalue weighted by Crippen LogP contribution is 2.17. The van der Waals surface area contributed by atoms with Gasteiger partial charge in [-0.2, -0.15) is 0 Å². The fraction of sp³-hybridized carbons (Fsp3) is 0.929. The van der Waals surface area contributed by atoms with Gasteiger partial charge in [0.05, 0.1) is 0 Å². The molecular weight excluding hydrogens is 226 g/mol. The standard InChI is InChI=1S/C14H29N3O/c1-11(2)17-8-6-12(7-9-17)10-15-13(18)16-14(3,4)5/h11-12H,6-10H2,1-5H3,(H2,15,16,18). The summed E-state index contributed by atoms with van der Waals surface area (Å²) in [4.78, 5) is 14.1. The summed E-state index contributed by atoms with van der Waals surface area (Å²) in [6.45, 7) is 13.6. The average molecular weight is 255 g/mol. The van der Waals surface area contributed by atoms with Gasteiger partial charge in [-0.25, -0.2) is 4.79 Å². The zero-order valence-corrected chi connectivity index (χ0v) is 12.5. The maximum atomic E-state index is 11.6. The van der Waals surface area contributed by atoms with Crippen molar-refractivity contribution in [2.24, 2.45) is 5.92 Å². The number of nitrogens with zero attached hydrogens (tertiary/aromatic N) is 1. The van der Waals surface area contributed by atoms with Crippen molar-refractivity contribution in [3.63, 3.8) is 0 Å². The third-order valence-corrected chi connectivity index (χ3v) is 3.42. The second-order valence-corrected chi connectivity index (χ2v) is 6.66. The van der Waals surface area contributed by atoms with Crippen molar-refractivity contribution in [1.29, 1.82) is 0 Å². The first-order valence-electron chi connectivity index (χ1n) is 7.08. The monoisotopic (exact) mass is 255 g/mol. The predicted octanol–water partition coefficient (Wildman–Crippen LogP) is 2.20. The number of carbonyl (C=O) groups is 1. The molecule has 0 aromatic carbocycles. The Balaban J connectivity index is 2.20. The molecule has 1 aliphatic heterocycles. The molecule has 0 saturated carbocycles. The summed E-state index contributed by atoms with van der Waals surface area (Å²) >= 11 is 0. The van der Waals surface area contributed by atoms with E-state index >= 15 is 0 Å². The fourth-order valence-corrected chi connectivity index (χ4v) is 2.30. The number of nitrogens with one attached hydrogen (secondary N) is 2. The van der Waals surface area contributed by atoms with Crippen LogP contribution >= 0.6 is 0 Å². The van der Waals surface area contributed by atoms with Crippen LogP contribution in [0.4, 0.5) is 4.79 Å². The van der Waals surface area contributed by atoms with E-state index in [9.17, 15) is 4.79 Å². The van der Waals surface area contributed by atoms with Crippen LogP contribution in [-0.4, -0.2) is 42.1 Å². The molecule has 0 atom stereocenters. The lowest BCUT2D eigenvalue weighted by molar-refractivity contribution is 0.148. The van der Waals surface area contributed by atoms with Gasteiger partial charge in [0.2, 0.25) is 0 Å². The first-order valence-corrected chi connectivity index (χ1v) is 7.08.